The highest BCUT2D eigenvalue weighted by molar-refractivity contribution is 6.31. The van der Waals surface area contributed by atoms with Gasteiger partial charge in [-0.3, -0.25) is 4.79 Å². The van der Waals surface area contributed by atoms with Gasteiger partial charge in [-0.05, 0) is 43.6 Å². The van der Waals surface area contributed by atoms with E-state index in [0.717, 1.165) is 19.6 Å². The molecule has 1 amide bonds. The van der Waals surface area contributed by atoms with E-state index in [2.05, 4.69) is 18.7 Å². The number of nitrogens with zero attached hydrogens (tertiary/aromatic N) is 2. The van der Waals surface area contributed by atoms with E-state index in [1.54, 1.807) is 4.90 Å². The summed E-state index contributed by atoms with van der Waals surface area (Å²) in [7, 11) is 1.81. The molecule has 5 heteroatoms. The Morgan fingerprint density at radius 1 is 1.43 bits per heavy atom. The van der Waals surface area contributed by atoms with Gasteiger partial charge in [0.2, 0.25) is 0 Å². The summed E-state index contributed by atoms with van der Waals surface area (Å²) in [6, 6.07) is 4.27. The van der Waals surface area contributed by atoms with Crippen molar-refractivity contribution in [1.29, 1.82) is 0 Å². The zero-order chi connectivity index (χ0) is 15.6. The molecule has 1 aliphatic heterocycles. The van der Waals surface area contributed by atoms with Crippen LogP contribution < -0.4 is 0 Å². The zero-order valence-corrected chi connectivity index (χ0v) is 13.5. The summed E-state index contributed by atoms with van der Waals surface area (Å²) < 4.78 is 13.2. The minimum Gasteiger partial charge on any atom is -0.337 e. The smallest absolute Gasteiger partial charge is 0.253 e. The third-order valence-corrected chi connectivity index (χ3v) is 4.44. The number of hydrogen-bond acceptors (Lipinski definition) is 2. The number of halogens is 2. The zero-order valence-electron chi connectivity index (χ0n) is 12.8. The minimum atomic E-state index is -0.503. The van der Waals surface area contributed by atoms with Crippen molar-refractivity contribution in [3.63, 3.8) is 0 Å². The lowest BCUT2D eigenvalue weighted by molar-refractivity contribution is 0.0564. The number of hydrogen-bond donors (Lipinski definition) is 0. The molecule has 0 spiro atoms. The maximum absolute atomic E-state index is 13.2. The van der Waals surface area contributed by atoms with Gasteiger partial charge in [0.05, 0.1) is 5.02 Å². The SMILES string of the molecule is CC(C)C(CN1CCC1)N(C)C(=O)c1ccc(F)c(Cl)c1. The van der Waals surface area contributed by atoms with Crippen LogP contribution in [0.2, 0.25) is 5.02 Å². The molecule has 0 bridgehead atoms. The number of likely N-dealkylation sites (N-methyl/N-ethyl adjacent to an activating group) is 1. The Balaban J connectivity index is 2.12. The largest absolute Gasteiger partial charge is 0.337 e. The van der Waals surface area contributed by atoms with Crippen LogP contribution in [0.1, 0.15) is 30.6 Å². The number of benzene rings is 1. The second-order valence-electron chi connectivity index (χ2n) is 6.01. The topological polar surface area (TPSA) is 23.6 Å². The second-order valence-corrected chi connectivity index (χ2v) is 6.42. The fraction of sp³-hybridized carbons (Fsp3) is 0.562. The molecule has 21 heavy (non-hydrogen) atoms. The summed E-state index contributed by atoms with van der Waals surface area (Å²) in [6.45, 7) is 7.33. The van der Waals surface area contributed by atoms with Crippen LogP contribution in [0.4, 0.5) is 4.39 Å². The van der Waals surface area contributed by atoms with Gasteiger partial charge in [0.25, 0.3) is 5.91 Å². The normalized spacial score (nSPS) is 16.7. The Kier molecular flexibility index (Phi) is 5.22. The minimum absolute atomic E-state index is 0.0157. The van der Waals surface area contributed by atoms with Crippen LogP contribution in [0.25, 0.3) is 0 Å². The van der Waals surface area contributed by atoms with Crippen LogP contribution in [0.15, 0.2) is 18.2 Å². The number of amides is 1. The first-order valence-electron chi connectivity index (χ1n) is 7.34. The third kappa shape index (κ3) is 3.74. The van der Waals surface area contributed by atoms with E-state index in [1.165, 1.54) is 24.6 Å². The van der Waals surface area contributed by atoms with Crippen LogP contribution in [0.3, 0.4) is 0 Å². The molecule has 1 aromatic carbocycles. The molecule has 0 radical (unpaired) electrons. The Hall–Kier alpha value is -1.13. The molecule has 0 aromatic heterocycles. The van der Waals surface area contributed by atoms with Gasteiger partial charge in [0, 0.05) is 25.2 Å². The van der Waals surface area contributed by atoms with Crippen molar-refractivity contribution in [2.45, 2.75) is 26.3 Å². The summed E-state index contributed by atoms with van der Waals surface area (Å²) in [5, 5.41) is -0.0157. The molecule has 2 rings (SSSR count). The monoisotopic (exact) mass is 312 g/mol. The molecular formula is C16H22ClFN2O. The van der Waals surface area contributed by atoms with Gasteiger partial charge in [-0.1, -0.05) is 25.4 Å². The van der Waals surface area contributed by atoms with E-state index in [9.17, 15) is 9.18 Å². The highest BCUT2D eigenvalue weighted by Crippen LogP contribution is 2.20. The van der Waals surface area contributed by atoms with Crippen LogP contribution in [-0.4, -0.2) is 48.4 Å². The maximum Gasteiger partial charge on any atom is 0.253 e. The van der Waals surface area contributed by atoms with Crippen molar-refractivity contribution < 1.29 is 9.18 Å². The van der Waals surface area contributed by atoms with Crippen molar-refractivity contribution >= 4 is 17.5 Å². The van der Waals surface area contributed by atoms with Crippen LogP contribution in [0, 0.1) is 11.7 Å². The van der Waals surface area contributed by atoms with Crippen LogP contribution in [-0.2, 0) is 0 Å². The highest BCUT2D eigenvalue weighted by atomic mass is 35.5. The van der Waals surface area contributed by atoms with Gasteiger partial charge in [-0.25, -0.2) is 4.39 Å². The molecule has 1 fully saturated rings. The number of likely N-dealkylation sites (tertiary alicyclic amines) is 1. The molecule has 1 aromatic rings. The molecule has 1 heterocycles. The first kappa shape index (κ1) is 16.2. The Labute approximate surface area is 130 Å². The van der Waals surface area contributed by atoms with Crippen molar-refractivity contribution in [3.05, 3.63) is 34.6 Å². The first-order chi connectivity index (χ1) is 9.90. The lowest BCUT2D eigenvalue weighted by Crippen LogP contribution is -2.51. The summed E-state index contributed by atoms with van der Waals surface area (Å²) >= 11 is 5.77. The van der Waals surface area contributed by atoms with Crippen LogP contribution >= 0.6 is 11.6 Å². The number of carbonyl (C=O) groups excluding carboxylic acids is 1. The predicted octanol–water partition coefficient (Wildman–Crippen LogP) is 3.28. The third-order valence-electron chi connectivity index (χ3n) is 4.15. The first-order valence-corrected chi connectivity index (χ1v) is 7.72. The van der Waals surface area contributed by atoms with Crippen LogP contribution in [0.5, 0.6) is 0 Å². The van der Waals surface area contributed by atoms with Gasteiger partial charge in [-0.15, -0.1) is 0 Å². The number of rotatable bonds is 5. The molecular weight excluding hydrogens is 291 g/mol. The molecule has 116 valence electrons. The van der Waals surface area contributed by atoms with Gasteiger partial charge in [-0.2, -0.15) is 0 Å². The highest BCUT2D eigenvalue weighted by Gasteiger charge is 2.28. The predicted molar refractivity (Wildman–Crippen MR) is 83.2 cm³/mol. The van der Waals surface area contributed by atoms with E-state index in [0.29, 0.717) is 11.5 Å². The van der Waals surface area contributed by atoms with E-state index in [-0.39, 0.29) is 17.0 Å². The summed E-state index contributed by atoms with van der Waals surface area (Å²) in [4.78, 5) is 16.7. The van der Waals surface area contributed by atoms with Crippen molar-refractivity contribution in [2.24, 2.45) is 5.92 Å². The van der Waals surface area contributed by atoms with Crippen molar-refractivity contribution in [1.82, 2.24) is 9.80 Å². The van der Waals surface area contributed by atoms with Crippen molar-refractivity contribution in [3.8, 4) is 0 Å². The van der Waals surface area contributed by atoms with Crippen molar-refractivity contribution in [2.75, 3.05) is 26.7 Å². The van der Waals surface area contributed by atoms with E-state index in [4.69, 9.17) is 11.6 Å². The Morgan fingerprint density at radius 2 is 2.10 bits per heavy atom. The molecule has 1 atom stereocenters. The maximum atomic E-state index is 13.2. The average molecular weight is 313 g/mol. The van der Waals surface area contributed by atoms with Gasteiger partial charge < -0.3 is 9.80 Å². The fourth-order valence-corrected chi connectivity index (χ4v) is 2.77. The summed E-state index contributed by atoms with van der Waals surface area (Å²) in [6.07, 6.45) is 1.23. The average Bonchev–Trinajstić information content (AvgIpc) is 2.38. The fourth-order valence-electron chi connectivity index (χ4n) is 2.59. The molecule has 0 N–H and O–H groups in total. The molecule has 3 nitrogen and oxygen atoms in total. The van der Waals surface area contributed by atoms with Gasteiger partial charge >= 0.3 is 0 Å². The van der Waals surface area contributed by atoms with E-state index < -0.39 is 5.82 Å². The standard InChI is InChI=1S/C16H22ClFN2O/c1-11(2)15(10-20-7-4-8-20)19(3)16(21)12-5-6-14(18)13(17)9-12/h5-6,9,11,15H,4,7-8,10H2,1-3H3. The Bertz CT molecular complexity index is 517. The Morgan fingerprint density at radius 3 is 2.57 bits per heavy atom. The quantitative estimate of drug-likeness (QED) is 0.833. The molecule has 1 aliphatic rings. The summed E-state index contributed by atoms with van der Waals surface area (Å²) in [5.41, 5.74) is 0.429. The summed E-state index contributed by atoms with van der Waals surface area (Å²) in [5.74, 6) is -0.261. The van der Waals surface area contributed by atoms with E-state index in [1.807, 2.05) is 7.05 Å². The lowest BCUT2D eigenvalue weighted by atomic mass is 9.99. The molecule has 1 unspecified atom stereocenters. The van der Waals surface area contributed by atoms with E-state index >= 15 is 0 Å². The molecule has 0 aliphatic carbocycles. The van der Waals surface area contributed by atoms with Gasteiger partial charge in [0.1, 0.15) is 5.82 Å². The molecule has 1 saturated heterocycles. The lowest BCUT2D eigenvalue weighted by Gasteiger charge is -2.39. The number of carbonyl (C=O) groups is 1. The second kappa shape index (κ2) is 6.75. The van der Waals surface area contributed by atoms with Gasteiger partial charge in [0.15, 0.2) is 0 Å². The molecule has 0 saturated carbocycles.